The summed E-state index contributed by atoms with van der Waals surface area (Å²) in [5.74, 6) is 1.01. The molecule has 1 saturated carbocycles. The molecule has 1 aromatic rings. The van der Waals surface area contributed by atoms with E-state index in [-0.39, 0.29) is 18.6 Å². The van der Waals surface area contributed by atoms with Gasteiger partial charge in [-0.3, -0.25) is 0 Å². The fourth-order valence-electron chi connectivity index (χ4n) is 2.47. The predicted molar refractivity (Wildman–Crippen MR) is 78.5 cm³/mol. The molecule has 1 aliphatic carbocycles. The monoisotopic (exact) mass is 328 g/mol. The second kappa shape index (κ2) is 5.43. The molecule has 1 aromatic carbocycles. The number of halogens is 1. The molecule has 1 fully saturated rings. The van der Waals surface area contributed by atoms with Crippen molar-refractivity contribution in [2.24, 2.45) is 5.92 Å². The lowest BCUT2D eigenvalue weighted by atomic mass is 9.72. The number of hydrogen-bond donors (Lipinski definition) is 2. The standard InChI is InChI=1S/C15H21BrO3/c1-9-4-12(5-10(2)14(9)16)19-13-6-11(7-13)15(3,18)8-17/h4-5,11,13,17-18H,6-8H2,1-3H3. The third-order valence-electron chi connectivity index (χ3n) is 4.01. The number of hydrogen-bond acceptors (Lipinski definition) is 3. The van der Waals surface area contributed by atoms with E-state index in [0.29, 0.717) is 0 Å². The third-order valence-corrected chi connectivity index (χ3v) is 5.26. The van der Waals surface area contributed by atoms with Gasteiger partial charge in [-0.15, -0.1) is 0 Å². The van der Waals surface area contributed by atoms with E-state index in [1.807, 2.05) is 26.0 Å². The number of rotatable bonds is 4. The van der Waals surface area contributed by atoms with Gasteiger partial charge in [0, 0.05) is 4.47 Å². The minimum atomic E-state index is -0.981. The maximum atomic E-state index is 9.94. The first-order valence-electron chi connectivity index (χ1n) is 6.60. The lowest BCUT2D eigenvalue weighted by Gasteiger charge is -2.43. The highest BCUT2D eigenvalue weighted by Gasteiger charge is 2.42. The SMILES string of the molecule is Cc1cc(OC2CC(C(C)(O)CO)C2)cc(C)c1Br. The van der Waals surface area contributed by atoms with E-state index in [4.69, 9.17) is 9.84 Å². The summed E-state index contributed by atoms with van der Waals surface area (Å²) in [4.78, 5) is 0. The van der Waals surface area contributed by atoms with E-state index in [0.717, 1.165) is 34.2 Å². The molecule has 0 aromatic heterocycles. The van der Waals surface area contributed by atoms with Crippen LogP contribution in [0.3, 0.4) is 0 Å². The Hall–Kier alpha value is -0.580. The molecule has 0 saturated heterocycles. The van der Waals surface area contributed by atoms with Crippen molar-refractivity contribution in [1.82, 2.24) is 0 Å². The largest absolute Gasteiger partial charge is 0.490 e. The maximum absolute atomic E-state index is 9.94. The molecule has 0 heterocycles. The van der Waals surface area contributed by atoms with Crippen LogP contribution in [0.15, 0.2) is 16.6 Å². The summed E-state index contributed by atoms with van der Waals surface area (Å²) in [7, 11) is 0. The van der Waals surface area contributed by atoms with E-state index in [9.17, 15) is 5.11 Å². The minimum absolute atomic E-state index is 0.125. The number of ether oxygens (including phenoxy) is 1. The molecule has 3 nitrogen and oxygen atoms in total. The van der Waals surface area contributed by atoms with Gasteiger partial charge in [-0.2, -0.15) is 0 Å². The molecule has 1 aliphatic rings. The first-order valence-corrected chi connectivity index (χ1v) is 7.39. The van der Waals surface area contributed by atoms with Crippen molar-refractivity contribution in [3.05, 3.63) is 27.7 Å². The Balaban J connectivity index is 1.95. The lowest BCUT2D eigenvalue weighted by Crippen LogP contribution is -2.49. The Bertz CT molecular complexity index is 441. The van der Waals surface area contributed by atoms with Crippen LogP contribution in [0.2, 0.25) is 0 Å². The Morgan fingerprint density at radius 3 is 2.32 bits per heavy atom. The molecule has 0 bridgehead atoms. The van der Waals surface area contributed by atoms with Gasteiger partial charge in [-0.25, -0.2) is 0 Å². The van der Waals surface area contributed by atoms with E-state index < -0.39 is 5.60 Å². The summed E-state index contributed by atoms with van der Waals surface area (Å²) in [5.41, 5.74) is 1.34. The fourth-order valence-corrected chi connectivity index (χ4v) is 2.69. The zero-order valence-corrected chi connectivity index (χ0v) is 13.2. The Morgan fingerprint density at radius 2 is 1.84 bits per heavy atom. The molecular formula is C15H21BrO3. The second-order valence-electron chi connectivity index (χ2n) is 5.79. The van der Waals surface area contributed by atoms with Gasteiger partial charge in [-0.1, -0.05) is 15.9 Å². The zero-order valence-electron chi connectivity index (χ0n) is 11.6. The molecule has 19 heavy (non-hydrogen) atoms. The fraction of sp³-hybridized carbons (Fsp3) is 0.600. The number of aryl methyl sites for hydroxylation is 2. The van der Waals surface area contributed by atoms with Crippen molar-refractivity contribution in [1.29, 1.82) is 0 Å². The Kier molecular flexibility index (Phi) is 4.23. The van der Waals surface area contributed by atoms with Gasteiger partial charge in [0.25, 0.3) is 0 Å². The third kappa shape index (κ3) is 3.12. The highest BCUT2D eigenvalue weighted by molar-refractivity contribution is 9.10. The van der Waals surface area contributed by atoms with Crippen LogP contribution in [-0.2, 0) is 0 Å². The first kappa shape index (κ1) is 14.8. The van der Waals surface area contributed by atoms with Gasteiger partial charge < -0.3 is 14.9 Å². The van der Waals surface area contributed by atoms with Crippen molar-refractivity contribution in [2.75, 3.05) is 6.61 Å². The normalized spacial score (nSPS) is 25.6. The highest BCUT2D eigenvalue weighted by atomic mass is 79.9. The molecule has 106 valence electrons. The quantitative estimate of drug-likeness (QED) is 0.893. The van der Waals surface area contributed by atoms with E-state index in [2.05, 4.69) is 15.9 Å². The molecule has 2 N–H and O–H groups in total. The number of aliphatic hydroxyl groups excluding tert-OH is 1. The molecule has 0 radical (unpaired) electrons. The predicted octanol–water partition coefficient (Wildman–Crippen LogP) is 2.97. The van der Waals surface area contributed by atoms with Gasteiger partial charge in [-0.05, 0) is 62.8 Å². The maximum Gasteiger partial charge on any atom is 0.120 e. The summed E-state index contributed by atoms with van der Waals surface area (Å²) in [6.45, 7) is 5.58. The molecule has 2 rings (SSSR count). The summed E-state index contributed by atoms with van der Waals surface area (Å²) in [6.07, 6.45) is 1.73. The minimum Gasteiger partial charge on any atom is -0.490 e. The van der Waals surface area contributed by atoms with Crippen molar-refractivity contribution < 1.29 is 14.9 Å². The highest BCUT2D eigenvalue weighted by Crippen LogP contribution is 2.39. The average Bonchev–Trinajstić information content (AvgIpc) is 2.29. The van der Waals surface area contributed by atoms with E-state index in [1.54, 1.807) is 6.92 Å². The Labute approximate surface area is 122 Å². The number of aliphatic hydroxyl groups is 2. The average molecular weight is 329 g/mol. The molecule has 1 atom stereocenters. The summed E-state index contributed by atoms with van der Waals surface area (Å²) >= 11 is 3.54. The van der Waals surface area contributed by atoms with Crippen LogP contribution in [0.5, 0.6) is 5.75 Å². The smallest absolute Gasteiger partial charge is 0.120 e. The lowest BCUT2D eigenvalue weighted by molar-refractivity contribution is -0.104. The van der Waals surface area contributed by atoms with E-state index in [1.165, 1.54) is 0 Å². The van der Waals surface area contributed by atoms with Gasteiger partial charge in [0.15, 0.2) is 0 Å². The van der Waals surface area contributed by atoms with Crippen molar-refractivity contribution in [3.63, 3.8) is 0 Å². The van der Waals surface area contributed by atoms with Crippen LogP contribution in [-0.4, -0.2) is 28.5 Å². The second-order valence-corrected chi connectivity index (χ2v) is 6.59. The van der Waals surface area contributed by atoms with Crippen molar-refractivity contribution >= 4 is 15.9 Å². The molecular weight excluding hydrogens is 308 g/mol. The molecule has 0 amide bonds. The van der Waals surface area contributed by atoms with Crippen LogP contribution in [0.25, 0.3) is 0 Å². The Morgan fingerprint density at radius 1 is 1.32 bits per heavy atom. The molecule has 4 heteroatoms. The summed E-state index contributed by atoms with van der Waals surface area (Å²) in [5, 5.41) is 19.1. The van der Waals surface area contributed by atoms with Gasteiger partial charge in [0.1, 0.15) is 5.75 Å². The van der Waals surface area contributed by atoms with Crippen LogP contribution in [0.1, 0.15) is 30.9 Å². The van der Waals surface area contributed by atoms with Crippen LogP contribution in [0, 0.1) is 19.8 Å². The summed E-state index contributed by atoms with van der Waals surface area (Å²) < 4.78 is 7.04. The van der Waals surface area contributed by atoms with Gasteiger partial charge in [0.05, 0.1) is 18.3 Å². The zero-order chi connectivity index (χ0) is 14.2. The molecule has 1 unspecified atom stereocenters. The number of benzene rings is 1. The van der Waals surface area contributed by atoms with Crippen LogP contribution in [0.4, 0.5) is 0 Å². The van der Waals surface area contributed by atoms with Crippen molar-refractivity contribution in [3.8, 4) is 5.75 Å². The van der Waals surface area contributed by atoms with E-state index >= 15 is 0 Å². The summed E-state index contributed by atoms with van der Waals surface area (Å²) in [6, 6.07) is 4.04. The molecule has 0 aliphatic heterocycles. The van der Waals surface area contributed by atoms with Crippen LogP contribution < -0.4 is 4.74 Å². The van der Waals surface area contributed by atoms with Gasteiger partial charge >= 0.3 is 0 Å². The van der Waals surface area contributed by atoms with Crippen LogP contribution >= 0.6 is 15.9 Å². The van der Waals surface area contributed by atoms with Crippen molar-refractivity contribution in [2.45, 2.75) is 45.3 Å². The topological polar surface area (TPSA) is 49.7 Å². The first-order chi connectivity index (χ1) is 8.83. The van der Waals surface area contributed by atoms with Gasteiger partial charge in [0.2, 0.25) is 0 Å². The molecule has 0 spiro atoms.